The van der Waals surface area contributed by atoms with Gasteiger partial charge in [-0.1, -0.05) is 66.7 Å². The number of methoxy groups -OCH3 is 1. The van der Waals surface area contributed by atoms with E-state index in [9.17, 15) is 9.90 Å². The molecule has 1 unspecified atom stereocenters. The minimum atomic E-state index is -0.860. The third-order valence-electron chi connectivity index (χ3n) is 5.56. The van der Waals surface area contributed by atoms with Crippen molar-refractivity contribution in [3.63, 3.8) is 0 Å². The van der Waals surface area contributed by atoms with Crippen molar-refractivity contribution in [3.05, 3.63) is 101 Å². The summed E-state index contributed by atoms with van der Waals surface area (Å²) in [5.41, 5.74) is 4.38. The highest BCUT2D eigenvalue weighted by Gasteiger charge is 2.29. The van der Waals surface area contributed by atoms with Gasteiger partial charge >= 0.3 is 5.97 Å². The Balaban J connectivity index is 1.88. The summed E-state index contributed by atoms with van der Waals surface area (Å²) in [6, 6.07) is 26.2. The summed E-state index contributed by atoms with van der Waals surface area (Å²) >= 11 is 0. The number of carboxylic acid groups (broad SMARTS) is 1. The number of aliphatic carboxylic acids is 1. The summed E-state index contributed by atoms with van der Waals surface area (Å²) in [7, 11) is 3.50. The van der Waals surface area contributed by atoms with E-state index in [1.54, 1.807) is 7.11 Å². The monoisotopic (exact) mass is 433 g/mol. The maximum absolute atomic E-state index is 11.5. The van der Waals surface area contributed by atoms with Crippen molar-refractivity contribution in [3.8, 4) is 5.75 Å². The molecule has 0 aliphatic carbocycles. The van der Waals surface area contributed by atoms with Crippen LogP contribution in [0.4, 0.5) is 0 Å². The van der Waals surface area contributed by atoms with E-state index in [-0.39, 0.29) is 18.5 Å². The van der Waals surface area contributed by atoms with E-state index in [1.165, 1.54) is 0 Å². The number of hydrogen-bond acceptors (Lipinski definition) is 4. The zero-order valence-corrected chi connectivity index (χ0v) is 18.9. The van der Waals surface area contributed by atoms with Gasteiger partial charge in [-0.15, -0.1) is 0 Å². The molecular weight excluding hydrogens is 402 g/mol. The van der Waals surface area contributed by atoms with Crippen molar-refractivity contribution < 1.29 is 19.4 Å². The maximum atomic E-state index is 11.5. The molecule has 3 aromatic rings. The van der Waals surface area contributed by atoms with Gasteiger partial charge in [0.05, 0.1) is 26.9 Å². The van der Waals surface area contributed by atoms with Crippen LogP contribution >= 0.6 is 0 Å². The summed E-state index contributed by atoms with van der Waals surface area (Å²) < 4.78 is 11.5. The van der Waals surface area contributed by atoms with Gasteiger partial charge in [0.25, 0.3) is 0 Å². The molecule has 5 nitrogen and oxygen atoms in total. The van der Waals surface area contributed by atoms with E-state index in [2.05, 4.69) is 30.3 Å². The van der Waals surface area contributed by atoms with Crippen LogP contribution in [0.15, 0.2) is 78.9 Å². The highest BCUT2D eigenvalue weighted by Crippen LogP contribution is 2.31. The van der Waals surface area contributed by atoms with Crippen LogP contribution in [0.1, 0.15) is 28.2 Å². The SMILES string of the molecule is COc1cc(C)cc(COCC(C(c2ccccc2)c2ccccc2)N(C)CC(=O)O)c1. The molecule has 3 rings (SSSR count). The summed E-state index contributed by atoms with van der Waals surface area (Å²) in [5, 5.41) is 9.45. The zero-order valence-electron chi connectivity index (χ0n) is 18.9. The molecule has 3 aromatic carbocycles. The number of benzene rings is 3. The second-order valence-electron chi connectivity index (χ2n) is 8.05. The lowest BCUT2D eigenvalue weighted by molar-refractivity contribution is -0.138. The number of hydrogen-bond donors (Lipinski definition) is 1. The topological polar surface area (TPSA) is 59.0 Å². The Morgan fingerprint density at radius 1 is 0.969 bits per heavy atom. The zero-order chi connectivity index (χ0) is 22.9. The van der Waals surface area contributed by atoms with Crippen molar-refractivity contribution >= 4 is 5.97 Å². The normalized spacial score (nSPS) is 12.2. The molecule has 0 fully saturated rings. The van der Waals surface area contributed by atoms with E-state index in [0.717, 1.165) is 28.0 Å². The smallest absolute Gasteiger partial charge is 0.317 e. The van der Waals surface area contributed by atoms with Gasteiger partial charge < -0.3 is 14.6 Å². The molecule has 0 spiro atoms. The molecule has 0 aromatic heterocycles. The van der Waals surface area contributed by atoms with Gasteiger partial charge in [0.1, 0.15) is 5.75 Å². The van der Waals surface area contributed by atoms with Gasteiger partial charge in [-0.25, -0.2) is 0 Å². The second-order valence-corrected chi connectivity index (χ2v) is 8.05. The van der Waals surface area contributed by atoms with E-state index < -0.39 is 5.97 Å². The number of aryl methyl sites for hydroxylation is 1. The fourth-order valence-electron chi connectivity index (χ4n) is 4.09. The molecule has 5 heteroatoms. The summed E-state index contributed by atoms with van der Waals surface area (Å²) in [5.74, 6) is -0.0933. The van der Waals surface area contributed by atoms with Crippen LogP contribution in [0.3, 0.4) is 0 Å². The number of carbonyl (C=O) groups is 1. The van der Waals surface area contributed by atoms with Crippen LogP contribution in [0.25, 0.3) is 0 Å². The van der Waals surface area contributed by atoms with Crippen LogP contribution in [0.2, 0.25) is 0 Å². The molecule has 0 aliphatic rings. The van der Waals surface area contributed by atoms with Crippen LogP contribution in [0, 0.1) is 6.92 Å². The number of rotatable bonds is 11. The Kier molecular flexibility index (Phi) is 8.42. The average Bonchev–Trinajstić information content (AvgIpc) is 2.79. The van der Waals surface area contributed by atoms with E-state index in [4.69, 9.17) is 9.47 Å². The second kappa shape index (κ2) is 11.5. The molecule has 0 saturated heterocycles. The molecule has 0 saturated carbocycles. The van der Waals surface area contributed by atoms with Crippen molar-refractivity contribution in [2.24, 2.45) is 0 Å². The quantitative estimate of drug-likeness (QED) is 0.473. The van der Waals surface area contributed by atoms with Crippen molar-refractivity contribution in [1.29, 1.82) is 0 Å². The molecule has 0 radical (unpaired) electrons. The number of carboxylic acids is 1. The molecule has 0 aliphatic heterocycles. The first-order valence-electron chi connectivity index (χ1n) is 10.7. The van der Waals surface area contributed by atoms with Crippen molar-refractivity contribution in [1.82, 2.24) is 4.90 Å². The van der Waals surface area contributed by atoms with Gasteiger partial charge in [-0.3, -0.25) is 9.69 Å². The Morgan fingerprint density at radius 3 is 2.09 bits per heavy atom. The Morgan fingerprint density at radius 2 is 1.56 bits per heavy atom. The fraction of sp³-hybridized carbons (Fsp3) is 0.296. The minimum Gasteiger partial charge on any atom is -0.497 e. The van der Waals surface area contributed by atoms with Gasteiger partial charge in [0.15, 0.2) is 0 Å². The van der Waals surface area contributed by atoms with E-state index in [0.29, 0.717) is 13.2 Å². The summed E-state index contributed by atoms with van der Waals surface area (Å²) in [4.78, 5) is 13.4. The lowest BCUT2D eigenvalue weighted by Gasteiger charge is -2.34. The Bertz CT molecular complexity index is 952. The fourth-order valence-corrected chi connectivity index (χ4v) is 4.09. The molecule has 32 heavy (non-hydrogen) atoms. The minimum absolute atomic E-state index is 0.0335. The highest BCUT2D eigenvalue weighted by molar-refractivity contribution is 5.69. The lowest BCUT2D eigenvalue weighted by atomic mass is 9.84. The Hall–Kier alpha value is -3.15. The van der Waals surface area contributed by atoms with Crippen LogP contribution in [-0.4, -0.2) is 49.3 Å². The van der Waals surface area contributed by atoms with Crippen LogP contribution < -0.4 is 4.74 Å². The van der Waals surface area contributed by atoms with Gasteiger partial charge in [0, 0.05) is 12.0 Å². The molecule has 1 N–H and O–H groups in total. The third-order valence-corrected chi connectivity index (χ3v) is 5.56. The van der Waals surface area contributed by atoms with E-state index >= 15 is 0 Å². The molecule has 0 heterocycles. The number of ether oxygens (including phenoxy) is 2. The molecular formula is C27H31NO4. The lowest BCUT2D eigenvalue weighted by Crippen LogP contribution is -2.43. The number of likely N-dealkylation sites (N-methyl/N-ethyl adjacent to an activating group) is 1. The third kappa shape index (κ3) is 6.42. The predicted molar refractivity (Wildman–Crippen MR) is 126 cm³/mol. The van der Waals surface area contributed by atoms with Crippen molar-refractivity contribution in [2.45, 2.75) is 25.5 Å². The van der Waals surface area contributed by atoms with Gasteiger partial charge in [-0.2, -0.15) is 0 Å². The largest absolute Gasteiger partial charge is 0.497 e. The molecule has 0 amide bonds. The summed E-state index contributed by atoms with van der Waals surface area (Å²) in [6.45, 7) is 2.76. The maximum Gasteiger partial charge on any atom is 0.317 e. The first-order valence-corrected chi connectivity index (χ1v) is 10.7. The Labute approximate surface area is 190 Å². The average molecular weight is 434 g/mol. The van der Waals surface area contributed by atoms with Crippen LogP contribution in [0.5, 0.6) is 5.75 Å². The van der Waals surface area contributed by atoms with Gasteiger partial charge in [0.2, 0.25) is 0 Å². The highest BCUT2D eigenvalue weighted by atomic mass is 16.5. The van der Waals surface area contributed by atoms with Gasteiger partial charge in [-0.05, 0) is 48.4 Å². The number of nitrogens with zero attached hydrogens (tertiary/aromatic N) is 1. The first kappa shape index (κ1) is 23.5. The molecule has 168 valence electrons. The van der Waals surface area contributed by atoms with E-state index in [1.807, 2.05) is 67.4 Å². The summed E-state index contributed by atoms with van der Waals surface area (Å²) in [6.07, 6.45) is 0. The van der Waals surface area contributed by atoms with Crippen molar-refractivity contribution in [2.75, 3.05) is 27.3 Å². The first-order chi connectivity index (χ1) is 15.5. The van der Waals surface area contributed by atoms with Crippen LogP contribution in [-0.2, 0) is 16.1 Å². The molecule has 1 atom stereocenters. The predicted octanol–water partition coefficient (Wildman–Crippen LogP) is 4.74. The molecule has 0 bridgehead atoms. The standard InChI is InChI=1S/C27H31NO4/c1-20-14-21(16-24(15-20)31-3)18-32-19-25(28(2)17-26(29)30)27(22-10-6-4-7-11-22)23-12-8-5-9-13-23/h4-16,25,27H,17-19H2,1-3H3,(H,29,30).